The van der Waals surface area contributed by atoms with Crippen molar-refractivity contribution < 1.29 is 43.8 Å². The van der Waals surface area contributed by atoms with Crippen LogP contribution < -0.4 is 27.4 Å². The number of nitrogens with zero attached hydrogens (tertiary/aromatic N) is 3. The van der Waals surface area contributed by atoms with Crippen LogP contribution in [0.4, 0.5) is 0 Å². The number of unbranched alkanes of at least 4 members (excludes halogenated alkanes) is 1. The first-order valence-electron chi connectivity index (χ1n) is 19.1. The van der Waals surface area contributed by atoms with E-state index in [-0.39, 0.29) is 44.6 Å². The molecule has 0 aromatic heterocycles. The van der Waals surface area contributed by atoms with Crippen LogP contribution >= 0.6 is 0 Å². The lowest BCUT2D eigenvalue weighted by Gasteiger charge is -2.32. The maximum atomic E-state index is 14.3. The van der Waals surface area contributed by atoms with Gasteiger partial charge in [0.05, 0.1) is 12.6 Å². The summed E-state index contributed by atoms with van der Waals surface area (Å²) in [6.07, 6.45) is 4.50. The fourth-order valence-electron chi connectivity index (χ4n) is 7.36. The molecule has 0 saturated carbocycles. The van der Waals surface area contributed by atoms with Crippen LogP contribution in [0.3, 0.4) is 0 Å². The number of hydrogen-bond donors (Lipinski definition) is 7. The zero-order valence-electron chi connectivity index (χ0n) is 30.8. The molecule has 3 aliphatic heterocycles. The Morgan fingerprint density at radius 3 is 1.98 bits per heavy atom. The Hall–Kier alpha value is -4.61. The molecule has 1 aromatic rings. The van der Waals surface area contributed by atoms with Gasteiger partial charge in [-0.15, -0.1) is 0 Å². The quantitative estimate of drug-likeness (QED) is 0.0808. The Balaban J connectivity index is 1.48. The van der Waals surface area contributed by atoms with E-state index in [2.05, 4.69) is 16.0 Å². The number of aliphatic carboxylic acids is 1. The molecular weight excluding hydrogens is 700 g/mol. The molecule has 3 aliphatic rings. The Morgan fingerprint density at radius 1 is 0.741 bits per heavy atom. The molecular formula is C37H56N8O9. The number of carboxylic acids is 1. The highest BCUT2D eigenvalue weighted by atomic mass is 16.4. The first-order chi connectivity index (χ1) is 25.9. The van der Waals surface area contributed by atoms with E-state index in [1.807, 2.05) is 6.07 Å². The summed E-state index contributed by atoms with van der Waals surface area (Å²) in [5.74, 6) is -4.34. The summed E-state index contributed by atoms with van der Waals surface area (Å²) in [5, 5.41) is 27.3. The molecule has 0 bridgehead atoms. The molecule has 6 amide bonds. The predicted molar refractivity (Wildman–Crippen MR) is 196 cm³/mol. The number of aliphatic hydroxyl groups excluding tert-OH is 1. The molecule has 3 saturated heterocycles. The van der Waals surface area contributed by atoms with Gasteiger partial charge in [-0.25, -0.2) is 0 Å². The predicted octanol–water partition coefficient (Wildman–Crippen LogP) is -1.40. The van der Waals surface area contributed by atoms with Gasteiger partial charge >= 0.3 is 5.97 Å². The van der Waals surface area contributed by atoms with Crippen molar-refractivity contribution in [1.82, 2.24) is 30.7 Å². The molecule has 0 aliphatic carbocycles. The standard InChI is InChI=1S/C37H56N8O9/c38-17-5-4-12-26(40-32(49)25(39)15-16-31(47)48)33(50)41-27(22-24-10-2-1-3-11-24)35(52)44-20-8-13-29(44)34(51)42-28(23-46)36(53)45-21-9-14-30(45)37(54)43-18-6-7-19-43/h1-3,10-11,25-30,46H,4-9,12-23,38-39H2,(H,40,49)(H,41,50)(H,42,51)(H,47,48)/t25-,26-,27-,28-,29-,30-/m0/s1. The summed E-state index contributed by atoms with van der Waals surface area (Å²) < 4.78 is 0. The van der Waals surface area contributed by atoms with E-state index in [0.29, 0.717) is 58.3 Å². The number of carboxylic acid groups (broad SMARTS) is 1. The fraction of sp³-hybridized carbons (Fsp3) is 0.649. The van der Waals surface area contributed by atoms with E-state index in [1.165, 1.54) is 9.80 Å². The lowest BCUT2D eigenvalue weighted by atomic mass is 10.0. The van der Waals surface area contributed by atoms with Gasteiger partial charge in [0.1, 0.15) is 30.2 Å². The van der Waals surface area contributed by atoms with E-state index in [0.717, 1.165) is 18.4 Å². The number of rotatable bonds is 19. The molecule has 0 unspecified atom stereocenters. The number of nitrogens with two attached hydrogens (primary N) is 2. The van der Waals surface area contributed by atoms with E-state index >= 15 is 0 Å². The minimum atomic E-state index is -1.32. The van der Waals surface area contributed by atoms with Gasteiger partial charge in [-0.1, -0.05) is 30.3 Å². The number of hydrogen-bond acceptors (Lipinski definition) is 10. The molecule has 3 heterocycles. The van der Waals surface area contributed by atoms with Crippen molar-refractivity contribution in [3.8, 4) is 0 Å². The third-order valence-corrected chi connectivity index (χ3v) is 10.4. The number of carbonyl (C=O) groups is 7. The van der Waals surface area contributed by atoms with Crippen LogP contribution in [-0.4, -0.2) is 142 Å². The number of likely N-dealkylation sites (tertiary alicyclic amines) is 3. The highest BCUT2D eigenvalue weighted by molar-refractivity contribution is 5.97. The van der Waals surface area contributed by atoms with Gasteiger partial charge < -0.3 is 52.3 Å². The minimum absolute atomic E-state index is 0.0665. The summed E-state index contributed by atoms with van der Waals surface area (Å²) >= 11 is 0. The molecule has 0 radical (unpaired) electrons. The smallest absolute Gasteiger partial charge is 0.303 e. The maximum Gasteiger partial charge on any atom is 0.303 e. The topological polar surface area (TPSA) is 258 Å². The Kier molecular flexibility index (Phi) is 16.2. The average molecular weight is 757 g/mol. The third-order valence-electron chi connectivity index (χ3n) is 10.4. The van der Waals surface area contributed by atoms with Crippen LogP contribution in [0.2, 0.25) is 0 Å². The lowest BCUT2D eigenvalue weighted by Crippen LogP contribution is -2.60. The zero-order valence-corrected chi connectivity index (χ0v) is 30.8. The van der Waals surface area contributed by atoms with Gasteiger partial charge in [0.2, 0.25) is 35.4 Å². The third kappa shape index (κ3) is 11.4. The summed E-state index contributed by atoms with van der Waals surface area (Å²) in [6.45, 7) is 1.46. The molecule has 17 nitrogen and oxygen atoms in total. The largest absolute Gasteiger partial charge is 0.481 e. The van der Waals surface area contributed by atoms with Crippen LogP contribution in [0, 0.1) is 0 Å². The van der Waals surface area contributed by atoms with Gasteiger partial charge in [-0.3, -0.25) is 33.6 Å². The number of amides is 6. The van der Waals surface area contributed by atoms with Gasteiger partial charge in [-0.05, 0) is 76.3 Å². The van der Waals surface area contributed by atoms with E-state index in [1.54, 1.807) is 29.2 Å². The average Bonchev–Trinajstić information content (AvgIpc) is 3.98. The first-order valence-corrected chi connectivity index (χ1v) is 19.1. The van der Waals surface area contributed by atoms with Crippen molar-refractivity contribution in [3.63, 3.8) is 0 Å². The second kappa shape index (κ2) is 20.7. The molecule has 6 atom stereocenters. The van der Waals surface area contributed by atoms with Crippen LogP contribution in [0.25, 0.3) is 0 Å². The second-order valence-electron chi connectivity index (χ2n) is 14.3. The van der Waals surface area contributed by atoms with Crippen LogP contribution in [0.15, 0.2) is 30.3 Å². The summed E-state index contributed by atoms with van der Waals surface area (Å²) in [6, 6.07) is 2.56. The number of benzene rings is 1. The molecule has 54 heavy (non-hydrogen) atoms. The lowest BCUT2D eigenvalue weighted by molar-refractivity contribution is -0.147. The van der Waals surface area contributed by atoms with Gasteiger partial charge in [0.15, 0.2) is 0 Å². The molecule has 3 fully saturated rings. The van der Waals surface area contributed by atoms with Crippen LogP contribution in [0.5, 0.6) is 0 Å². The number of nitrogens with one attached hydrogen (secondary N) is 3. The summed E-state index contributed by atoms with van der Waals surface area (Å²) in [4.78, 5) is 97.1. The number of aliphatic hydroxyl groups is 1. The van der Waals surface area contributed by atoms with Crippen molar-refractivity contribution in [1.29, 1.82) is 0 Å². The zero-order chi connectivity index (χ0) is 39.2. The summed E-state index contributed by atoms with van der Waals surface area (Å²) in [7, 11) is 0. The molecule has 4 rings (SSSR count). The SMILES string of the molecule is NCCCC[C@H](NC(=O)[C@@H](N)CCC(=O)O)C(=O)N[C@@H](Cc1ccccc1)C(=O)N1CCC[C@H]1C(=O)N[C@@H](CO)C(=O)N1CCC[C@H]1C(=O)N1CCCC1. The number of carbonyl (C=O) groups excluding carboxylic acids is 6. The second-order valence-corrected chi connectivity index (χ2v) is 14.3. The Labute approximate surface area is 315 Å². The molecule has 1 aromatic carbocycles. The van der Waals surface area contributed by atoms with Gasteiger partial charge in [0, 0.05) is 39.0 Å². The van der Waals surface area contributed by atoms with E-state index in [9.17, 15) is 38.7 Å². The van der Waals surface area contributed by atoms with Crippen molar-refractivity contribution in [3.05, 3.63) is 35.9 Å². The van der Waals surface area contributed by atoms with Crippen LogP contribution in [-0.2, 0) is 40.0 Å². The summed E-state index contributed by atoms with van der Waals surface area (Å²) in [5.41, 5.74) is 12.3. The van der Waals surface area contributed by atoms with Crippen molar-refractivity contribution in [2.24, 2.45) is 11.5 Å². The van der Waals surface area contributed by atoms with Gasteiger partial charge in [0.25, 0.3) is 0 Å². The highest BCUT2D eigenvalue weighted by Gasteiger charge is 2.42. The highest BCUT2D eigenvalue weighted by Crippen LogP contribution is 2.24. The minimum Gasteiger partial charge on any atom is -0.481 e. The van der Waals surface area contributed by atoms with Crippen molar-refractivity contribution in [2.75, 3.05) is 39.3 Å². The van der Waals surface area contributed by atoms with E-state index in [4.69, 9.17) is 16.6 Å². The molecule has 298 valence electrons. The monoisotopic (exact) mass is 756 g/mol. The molecule has 9 N–H and O–H groups in total. The van der Waals surface area contributed by atoms with Crippen molar-refractivity contribution in [2.45, 2.75) is 113 Å². The van der Waals surface area contributed by atoms with E-state index < -0.39 is 78.4 Å². The normalized spacial score (nSPS) is 20.5. The van der Waals surface area contributed by atoms with Gasteiger partial charge in [-0.2, -0.15) is 0 Å². The van der Waals surface area contributed by atoms with Crippen LogP contribution in [0.1, 0.15) is 76.2 Å². The first kappa shape index (κ1) is 42.1. The Morgan fingerprint density at radius 2 is 1.35 bits per heavy atom. The molecule has 17 heteroatoms. The fourth-order valence-corrected chi connectivity index (χ4v) is 7.36. The Bertz CT molecular complexity index is 1470. The molecule has 0 spiro atoms. The maximum absolute atomic E-state index is 14.3. The van der Waals surface area contributed by atoms with Crippen molar-refractivity contribution >= 4 is 41.4 Å².